The molecule has 5 nitrogen and oxygen atoms in total. The molecule has 2 heterocycles. The Morgan fingerprint density at radius 1 is 1.43 bits per heavy atom. The lowest BCUT2D eigenvalue weighted by Crippen LogP contribution is -2.20. The maximum absolute atomic E-state index is 11.9. The fourth-order valence-electron chi connectivity index (χ4n) is 2.33. The summed E-state index contributed by atoms with van der Waals surface area (Å²) in [6, 6.07) is 1.75. The van der Waals surface area contributed by atoms with Crippen LogP contribution in [0.2, 0.25) is 0 Å². The predicted octanol–water partition coefficient (Wildman–Crippen LogP) is 2.74. The van der Waals surface area contributed by atoms with Crippen LogP contribution in [-0.4, -0.2) is 22.5 Å². The number of hydrogen-bond donors (Lipinski definition) is 1. The van der Waals surface area contributed by atoms with Crippen LogP contribution in [0.5, 0.6) is 5.75 Å². The SMILES string of the molecule is Cc1cnccc1OCC(=O)Nc1nc2c(s1)CCCC2. The second-order valence-electron chi connectivity index (χ2n) is 5.07. The molecule has 0 atom stereocenters. The van der Waals surface area contributed by atoms with Gasteiger partial charge in [-0.05, 0) is 38.7 Å². The Kier molecular flexibility index (Phi) is 4.15. The van der Waals surface area contributed by atoms with Crippen LogP contribution in [0, 0.1) is 6.92 Å². The number of amides is 1. The van der Waals surface area contributed by atoms with Gasteiger partial charge in [0.15, 0.2) is 11.7 Å². The number of carbonyl (C=O) groups excluding carboxylic acids is 1. The first-order valence-electron chi connectivity index (χ1n) is 7.04. The molecule has 0 radical (unpaired) electrons. The molecule has 0 spiro atoms. The average molecular weight is 303 g/mol. The van der Waals surface area contributed by atoms with E-state index in [1.54, 1.807) is 29.8 Å². The normalized spacial score (nSPS) is 13.6. The Bertz CT molecular complexity index is 631. The van der Waals surface area contributed by atoms with Gasteiger partial charge in [0.05, 0.1) is 5.69 Å². The van der Waals surface area contributed by atoms with Crippen LogP contribution in [0.3, 0.4) is 0 Å². The average Bonchev–Trinajstić information content (AvgIpc) is 2.88. The van der Waals surface area contributed by atoms with E-state index < -0.39 is 0 Å². The second kappa shape index (κ2) is 6.22. The molecule has 1 aliphatic rings. The van der Waals surface area contributed by atoms with E-state index in [-0.39, 0.29) is 12.5 Å². The molecule has 0 bridgehead atoms. The number of ether oxygens (including phenoxy) is 1. The molecule has 0 aliphatic heterocycles. The number of pyridine rings is 1. The first-order chi connectivity index (χ1) is 10.2. The summed E-state index contributed by atoms with van der Waals surface area (Å²) >= 11 is 1.58. The van der Waals surface area contributed by atoms with Gasteiger partial charge in [0.25, 0.3) is 5.91 Å². The van der Waals surface area contributed by atoms with Crippen molar-refractivity contribution in [2.24, 2.45) is 0 Å². The molecular formula is C15H17N3O2S. The van der Waals surface area contributed by atoms with Gasteiger partial charge in [0.2, 0.25) is 0 Å². The third kappa shape index (κ3) is 3.39. The maximum Gasteiger partial charge on any atom is 0.264 e. The number of thiazole rings is 1. The fourth-order valence-corrected chi connectivity index (χ4v) is 3.39. The van der Waals surface area contributed by atoms with Crippen molar-refractivity contribution in [3.63, 3.8) is 0 Å². The number of rotatable bonds is 4. The molecule has 1 N–H and O–H groups in total. The fraction of sp³-hybridized carbons (Fsp3) is 0.400. The quantitative estimate of drug-likeness (QED) is 0.943. The molecule has 2 aromatic heterocycles. The number of fused-ring (bicyclic) bond motifs is 1. The van der Waals surface area contributed by atoms with E-state index in [4.69, 9.17) is 4.74 Å². The van der Waals surface area contributed by atoms with Crippen molar-refractivity contribution in [2.75, 3.05) is 11.9 Å². The molecule has 0 fully saturated rings. The first-order valence-corrected chi connectivity index (χ1v) is 7.86. The number of aryl methyl sites for hydroxylation is 3. The van der Waals surface area contributed by atoms with E-state index in [1.807, 2.05) is 6.92 Å². The Morgan fingerprint density at radius 3 is 3.10 bits per heavy atom. The molecule has 21 heavy (non-hydrogen) atoms. The van der Waals surface area contributed by atoms with Crippen LogP contribution in [0.1, 0.15) is 29.0 Å². The number of aromatic nitrogens is 2. The monoisotopic (exact) mass is 303 g/mol. The molecule has 0 saturated carbocycles. The van der Waals surface area contributed by atoms with Crippen molar-refractivity contribution in [2.45, 2.75) is 32.6 Å². The molecule has 3 rings (SSSR count). The van der Waals surface area contributed by atoms with Crippen LogP contribution in [0.4, 0.5) is 5.13 Å². The van der Waals surface area contributed by atoms with Crippen LogP contribution in [-0.2, 0) is 17.6 Å². The Labute approximate surface area is 127 Å². The number of hydrogen-bond acceptors (Lipinski definition) is 5. The van der Waals surface area contributed by atoms with Crippen molar-refractivity contribution >= 4 is 22.4 Å². The zero-order chi connectivity index (χ0) is 14.7. The molecule has 0 unspecified atom stereocenters. The third-order valence-electron chi connectivity index (χ3n) is 3.42. The van der Waals surface area contributed by atoms with Crippen LogP contribution in [0.25, 0.3) is 0 Å². The molecule has 2 aromatic rings. The highest BCUT2D eigenvalue weighted by Crippen LogP contribution is 2.29. The lowest BCUT2D eigenvalue weighted by Gasteiger charge is -2.07. The van der Waals surface area contributed by atoms with E-state index in [0.717, 1.165) is 24.1 Å². The van der Waals surface area contributed by atoms with Gasteiger partial charge in [-0.3, -0.25) is 15.1 Å². The lowest BCUT2D eigenvalue weighted by atomic mass is 10.0. The van der Waals surface area contributed by atoms with Crippen LogP contribution >= 0.6 is 11.3 Å². The summed E-state index contributed by atoms with van der Waals surface area (Å²) < 4.78 is 5.50. The summed E-state index contributed by atoms with van der Waals surface area (Å²) in [6.07, 6.45) is 7.86. The minimum Gasteiger partial charge on any atom is -0.483 e. The number of anilines is 1. The number of carbonyl (C=O) groups is 1. The van der Waals surface area contributed by atoms with Gasteiger partial charge in [-0.25, -0.2) is 4.98 Å². The Hall–Kier alpha value is -1.95. The highest BCUT2D eigenvalue weighted by molar-refractivity contribution is 7.15. The van der Waals surface area contributed by atoms with Crippen LogP contribution < -0.4 is 10.1 Å². The Balaban J connectivity index is 1.57. The van der Waals surface area contributed by atoms with E-state index in [1.165, 1.54) is 17.7 Å². The van der Waals surface area contributed by atoms with Gasteiger partial charge in [0, 0.05) is 22.8 Å². The molecule has 0 saturated heterocycles. The zero-order valence-corrected chi connectivity index (χ0v) is 12.7. The lowest BCUT2D eigenvalue weighted by molar-refractivity contribution is -0.118. The van der Waals surface area contributed by atoms with Crippen molar-refractivity contribution in [3.8, 4) is 5.75 Å². The largest absolute Gasteiger partial charge is 0.483 e. The number of nitrogens with one attached hydrogen (secondary N) is 1. The van der Waals surface area contributed by atoms with Crippen molar-refractivity contribution < 1.29 is 9.53 Å². The summed E-state index contributed by atoms with van der Waals surface area (Å²) in [5, 5.41) is 3.50. The predicted molar refractivity (Wildman–Crippen MR) is 81.9 cm³/mol. The van der Waals surface area contributed by atoms with Gasteiger partial charge < -0.3 is 4.74 Å². The maximum atomic E-state index is 11.9. The smallest absolute Gasteiger partial charge is 0.264 e. The molecule has 1 amide bonds. The molecule has 1 aliphatic carbocycles. The first kappa shape index (κ1) is 14.0. The minimum absolute atomic E-state index is 0.0188. The second-order valence-corrected chi connectivity index (χ2v) is 6.16. The summed E-state index contributed by atoms with van der Waals surface area (Å²) in [5.41, 5.74) is 2.06. The van der Waals surface area contributed by atoms with Crippen molar-refractivity contribution in [3.05, 3.63) is 34.6 Å². The van der Waals surface area contributed by atoms with E-state index in [9.17, 15) is 4.79 Å². The molecule has 110 valence electrons. The molecule has 0 aromatic carbocycles. The number of nitrogens with zero attached hydrogens (tertiary/aromatic N) is 2. The third-order valence-corrected chi connectivity index (χ3v) is 4.49. The van der Waals surface area contributed by atoms with E-state index >= 15 is 0 Å². The van der Waals surface area contributed by atoms with Crippen molar-refractivity contribution in [1.29, 1.82) is 0 Å². The van der Waals surface area contributed by atoms with Crippen molar-refractivity contribution in [1.82, 2.24) is 9.97 Å². The summed E-state index contributed by atoms with van der Waals surface area (Å²) in [7, 11) is 0. The zero-order valence-electron chi connectivity index (χ0n) is 11.9. The highest BCUT2D eigenvalue weighted by atomic mass is 32.1. The highest BCUT2D eigenvalue weighted by Gasteiger charge is 2.16. The Morgan fingerprint density at radius 2 is 2.29 bits per heavy atom. The van der Waals surface area contributed by atoms with E-state index in [0.29, 0.717) is 10.9 Å². The summed E-state index contributed by atoms with van der Waals surface area (Å²) in [4.78, 5) is 21.7. The standard InChI is InChI=1S/C15H17N3O2S/c1-10-8-16-7-6-12(10)20-9-14(19)18-15-17-11-4-2-3-5-13(11)21-15/h6-8H,2-5,9H2,1H3,(H,17,18,19). The minimum atomic E-state index is -0.183. The van der Waals surface area contributed by atoms with Gasteiger partial charge in [-0.1, -0.05) is 0 Å². The summed E-state index contributed by atoms with van der Waals surface area (Å²) in [5.74, 6) is 0.496. The van der Waals surface area contributed by atoms with Gasteiger partial charge in [-0.2, -0.15) is 0 Å². The summed E-state index contributed by atoms with van der Waals surface area (Å²) in [6.45, 7) is 1.88. The van der Waals surface area contributed by atoms with Gasteiger partial charge in [-0.15, -0.1) is 11.3 Å². The van der Waals surface area contributed by atoms with Gasteiger partial charge >= 0.3 is 0 Å². The van der Waals surface area contributed by atoms with E-state index in [2.05, 4.69) is 15.3 Å². The van der Waals surface area contributed by atoms with Gasteiger partial charge in [0.1, 0.15) is 5.75 Å². The topological polar surface area (TPSA) is 64.1 Å². The van der Waals surface area contributed by atoms with Crippen LogP contribution in [0.15, 0.2) is 18.5 Å². The molecular weight excluding hydrogens is 286 g/mol. The molecule has 6 heteroatoms.